The number of aryl methyl sites for hydroxylation is 1. The lowest BCUT2D eigenvalue weighted by Crippen LogP contribution is -2.33. The van der Waals surface area contributed by atoms with Crippen LogP contribution >= 0.6 is 11.6 Å². The zero-order valence-corrected chi connectivity index (χ0v) is 11.0. The molecule has 2 rings (SSSR count). The smallest absolute Gasteiger partial charge is 0.0474 e. The summed E-state index contributed by atoms with van der Waals surface area (Å²) in [6, 6.07) is 6.48. The Hall–Kier alpha value is -0.570. The van der Waals surface area contributed by atoms with Crippen molar-refractivity contribution in [2.45, 2.75) is 38.8 Å². The number of halogens is 1. The van der Waals surface area contributed by atoms with Gasteiger partial charge in [0.25, 0.3) is 0 Å². The zero-order valence-electron chi connectivity index (χ0n) is 10.2. The quantitative estimate of drug-likeness (QED) is 0.865. The molecule has 1 saturated carbocycles. The van der Waals surface area contributed by atoms with Gasteiger partial charge in [0, 0.05) is 24.2 Å². The first-order chi connectivity index (χ1) is 8.20. The summed E-state index contributed by atoms with van der Waals surface area (Å²) in [5.74, 6) is 0.433. The molecule has 1 aliphatic rings. The Labute approximate surface area is 108 Å². The van der Waals surface area contributed by atoms with Gasteiger partial charge in [0.2, 0.25) is 0 Å². The Morgan fingerprint density at radius 3 is 2.94 bits per heavy atom. The van der Waals surface area contributed by atoms with Crippen LogP contribution in [0.1, 0.15) is 30.4 Å². The second-order valence-electron chi connectivity index (χ2n) is 4.93. The highest BCUT2D eigenvalue weighted by atomic mass is 35.5. The van der Waals surface area contributed by atoms with E-state index in [-0.39, 0.29) is 0 Å². The third-order valence-electron chi connectivity index (χ3n) is 3.75. The predicted octanol–water partition coefficient (Wildman–Crippen LogP) is 2.90. The van der Waals surface area contributed by atoms with Crippen molar-refractivity contribution in [3.05, 3.63) is 34.3 Å². The number of hydrogen-bond acceptors (Lipinski definition) is 2. The SMILES string of the molecule is Cc1cc(Cl)ccc1CNC1CCCC1CO. The molecule has 0 aliphatic heterocycles. The molecule has 1 aromatic carbocycles. The van der Waals surface area contributed by atoms with Gasteiger partial charge in [-0.05, 0) is 48.9 Å². The van der Waals surface area contributed by atoms with Crippen molar-refractivity contribution in [3.8, 4) is 0 Å². The van der Waals surface area contributed by atoms with E-state index < -0.39 is 0 Å². The molecule has 0 amide bonds. The van der Waals surface area contributed by atoms with Gasteiger partial charge in [-0.2, -0.15) is 0 Å². The monoisotopic (exact) mass is 253 g/mol. The van der Waals surface area contributed by atoms with Crippen molar-refractivity contribution in [3.63, 3.8) is 0 Å². The average Bonchev–Trinajstić information content (AvgIpc) is 2.75. The molecule has 2 atom stereocenters. The van der Waals surface area contributed by atoms with Gasteiger partial charge >= 0.3 is 0 Å². The van der Waals surface area contributed by atoms with Crippen LogP contribution in [-0.2, 0) is 6.54 Å². The van der Waals surface area contributed by atoms with Crippen LogP contribution in [0, 0.1) is 12.8 Å². The first-order valence-electron chi connectivity index (χ1n) is 6.30. The van der Waals surface area contributed by atoms with Crippen molar-refractivity contribution in [2.24, 2.45) is 5.92 Å². The molecule has 1 aliphatic carbocycles. The fourth-order valence-corrected chi connectivity index (χ4v) is 2.85. The van der Waals surface area contributed by atoms with E-state index in [1.165, 1.54) is 24.0 Å². The maximum Gasteiger partial charge on any atom is 0.0474 e. The van der Waals surface area contributed by atoms with Crippen LogP contribution in [0.4, 0.5) is 0 Å². The maximum absolute atomic E-state index is 9.27. The third kappa shape index (κ3) is 3.21. The molecule has 2 unspecified atom stereocenters. The fourth-order valence-electron chi connectivity index (χ4n) is 2.62. The van der Waals surface area contributed by atoms with Gasteiger partial charge < -0.3 is 10.4 Å². The van der Waals surface area contributed by atoms with Crippen molar-refractivity contribution in [1.82, 2.24) is 5.32 Å². The Morgan fingerprint density at radius 1 is 1.41 bits per heavy atom. The molecule has 94 valence electrons. The second kappa shape index (κ2) is 5.85. The van der Waals surface area contributed by atoms with Crippen LogP contribution in [-0.4, -0.2) is 17.8 Å². The molecular weight excluding hydrogens is 234 g/mol. The molecule has 2 N–H and O–H groups in total. The lowest BCUT2D eigenvalue weighted by Gasteiger charge is -2.19. The molecule has 0 bridgehead atoms. The standard InChI is InChI=1S/C14H20ClNO/c1-10-7-13(15)6-5-11(10)8-16-14-4-2-3-12(14)9-17/h5-7,12,14,16-17H,2-4,8-9H2,1H3. The molecular formula is C14H20ClNO. The first kappa shape index (κ1) is 12.9. The van der Waals surface area contributed by atoms with E-state index in [4.69, 9.17) is 11.6 Å². The van der Waals surface area contributed by atoms with Gasteiger partial charge in [0.05, 0.1) is 0 Å². The summed E-state index contributed by atoms with van der Waals surface area (Å²) in [6.45, 7) is 3.25. The van der Waals surface area contributed by atoms with Gasteiger partial charge in [0.1, 0.15) is 0 Å². The predicted molar refractivity (Wildman–Crippen MR) is 71.2 cm³/mol. The minimum Gasteiger partial charge on any atom is -0.396 e. The highest BCUT2D eigenvalue weighted by Gasteiger charge is 2.25. The molecule has 0 saturated heterocycles. The molecule has 3 heteroatoms. The van der Waals surface area contributed by atoms with Gasteiger partial charge in [0.15, 0.2) is 0 Å². The minimum atomic E-state index is 0.303. The van der Waals surface area contributed by atoms with E-state index in [9.17, 15) is 5.11 Å². The highest BCUT2D eigenvalue weighted by molar-refractivity contribution is 6.30. The van der Waals surface area contributed by atoms with Crippen LogP contribution in [0.15, 0.2) is 18.2 Å². The summed E-state index contributed by atoms with van der Waals surface area (Å²) in [5, 5.41) is 13.6. The van der Waals surface area contributed by atoms with Crippen molar-refractivity contribution in [2.75, 3.05) is 6.61 Å². The normalized spacial score (nSPS) is 24.2. The summed E-state index contributed by atoms with van der Waals surface area (Å²) in [7, 11) is 0. The molecule has 1 fully saturated rings. The number of aliphatic hydroxyl groups is 1. The summed E-state index contributed by atoms with van der Waals surface area (Å²) < 4.78 is 0. The molecule has 17 heavy (non-hydrogen) atoms. The Morgan fingerprint density at radius 2 is 2.24 bits per heavy atom. The number of rotatable bonds is 4. The summed E-state index contributed by atoms with van der Waals surface area (Å²) in [4.78, 5) is 0. The van der Waals surface area contributed by atoms with E-state index in [0.717, 1.165) is 18.0 Å². The molecule has 0 radical (unpaired) electrons. The van der Waals surface area contributed by atoms with Crippen LogP contribution in [0.5, 0.6) is 0 Å². The highest BCUT2D eigenvalue weighted by Crippen LogP contribution is 2.25. The van der Waals surface area contributed by atoms with Crippen LogP contribution in [0.25, 0.3) is 0 Å². The van der Waals surface area contributed by atoms with E-state index in [1.54, 1.807) is 0 Å². The van der Waals surface area contributed by atoms with Gasteiger partial charge in [-0.3, -0.25) is 0 Å². The molecule has 1 aromatic rings. The summed E-state index contributed by atoms with van der Waals surface area (Å²) >= 11 is 5.94. The number of benzene rings is 1. The largest absolute Gasteiger partial charge is 0.396 e. The third-order valence-corrected chi connectivity index (χ3v) is 3.99. The van der Waals surface area contributed by atoms with Crippen molar-refractivity contribution >= 4 is 11.6 Å². The van der Waals surface area contributed by atoms with Crippen LogP contribution in [0.2, 0.25) is 5.02 Å². The zero-order chi connectivity index (χ0) is 12.3. The van der Waals surface area contributed by atoms with Crippen molar-refractivity contribution in [1.29, 1.82) is 0 Å². The van der Waals surface area contributed by atoms with E-state index in [2.05, 4.69) is 18.3 Å². The van der Waals surface area contributed by atoms with Crippen LogP contribution < -0.4 is 5.32 Å². The molecule has 0 heterocycles. The molecule has 0 spiro atoms. The molecule has 2 nitrogen and oxygen atoms in total. The van der Waals surface area contributed by atoms with E-state index in [1.807, 2.05) is 12.1 Å². The average molecular weight is 254 g/mol. The second-order valence-corrected chi connectivity index (χ2v) is 5.37. The number of hydrogen-bond donors (Lipinski definition) is 2. The number of nitrogens with one attached hydrogen (secondary N) is 1. The summed E-state index contributed by atoms with van der Waals surface area (Å²) in [6.07, 6.45) is 3.55. The molecule has 0 aromatic heterocycles. The van der Waals surface area contributed by atoms with Gasteiger partial charge in [-0.25, -0.2) is 0 Å². The Bertz CT molecular complexity index is 380. The Balaban J connectivity index is 1.93. The lowest BCUT2D eigenvalue weighted by molar-refractivity contribution is 0.205. The van der Waals surface area contributed by atoms with E-state index >= 15 is 0 Å². The van der Waals surface area contributed by atoms with Gasteiger partial charge in [-0.15, -0.1) is 0 Å². The first-order valence-corrected chi connectivity index (χ1v) is 6.68. The van der Waals surface area contributed by atoms with E-state index in [0.29, 0.717) is 18.6 Å². The van der Waals surface area contributed by atoms with Crippen molar-refractivity contribution < 1.29 is 5.11 Å². The van der Waals surface area contributed by atoms with Gasteiger partial charge in [-0.1, -0.05) is 24.1 Å². The topological polar surface area (TPSA) is 32.3 Å². The number of aliphatic hydroxyl groups excluding tert-OH is 1. The lowest BCUT2D eigenvalue weighted by atomic mass is 10.0. The maximum atomic E-state index is 9.27. The Kier molecular flexibility index (Phi) is 4.43. The fraction of sp³-hybridized carbons (Fsp3) is 0.571. The van der Waals surface area contributed by atoms with Crippen LogP contribution in [0.3, 0.4) is 0 Å². The minimum absolute atomic E-state index is 0.303. The summed E-state index contributed by atoms with van der Waals surface area (Å²) in [5.41, 5.74) is 2.52.